The summed E-state index contributed by atoms with van der Waals surface area (Å²) < 4.78 is 21.5. The Labute approximate surface area is 202 Å². The van der Waals surface area contributed by atoms with Crippen LogP contribution in [-0.4, -0.2) is 28.6 Å². The first-order valence-corrected chi connectivity index (χ1v) is 11.8. The maximum absolute atomic E-state index is 13.3. The molecule has 5 nitrogen and oxygen atoms in total. The van der Waals surface area contributed by atoms with E-state index in [0.717, 1.165) is 46.2 Å². The Balaban J connectivity index is 1.33. The predicted octanol–water partition coefficient (Wildman–Crippen LogP) is 6.13. The number of ether oxygens (including phenoxy) is 1. The van der Waals surface area contributed by atoms with E-state index in [1.165, 1.54) is 12.1 Å². The van der Waals surface area contributed by atoms with Crippen LogP contribution in [0, 0.1) is 12.7 Å². The molecule has 0 radical (unpaired) electrons. The fourth-order valence-corrected chi connectivity index (χ4v) is 4.63. The maximum Gasteiger partial charge on any atom is 0.227 e. The van der Waals surface area contributed by atoms with Crippen LogP contribution in [0.4, 0.5) is 10.1 Å². The SMILES string of the molecule is Cc1cc(OCCCn2c(C3CC(=O)N(c4ccc(F)cc4)C3)nc3ccccc32)ccc1Cl. The van der Waals surface area contributed by atoms with Gasteiger partial charge in [0.05, 0.1) is 17.6 Å². The van der Waals surface area contributed by atoms with Gasteiger partial charge in [-0.2, -0.15) is 0 Å². The highest BCUT2D eigenvalue weighted by Crippen LogP contribution is 2.33. The highest BCUT2D eigenvalue weighted by molar-refractivity contribution is 6.31. The molecule has 0 aliphatic carbocycles. The number of benzene rings is 3. The number of amides is 1. The molecule has 1 saturated heterocycles. The zero-order valence-electron chi connectivity index (χ0n) is 18.9. The third kappa shape index (κ3) is 4.50. The molecule has 2 heterocycles. The lowest BCUT2D eigenvalue weighted by molar-refractivity contribution is -0.117. The Hall–Kier alpha value is -3.38. The van der Waals surface area contributed by atoms with Crippen molar-refractivity contribution < 1.29 is 13.9 Å². The zero-order valence-corrected chi connectivity index (χ0v) is 19.6. The maximum atomic E-state index is 13.3. The molecule has 0 N–H and O–H groups in total. The summed E-state index contributed by atoms with van der Waals surface area (Å²) in [5, 5.41) is 0.725. The van der Waals surface area contributed by atoms with Gasteiger partial charge in [-0.1, -0.05) is 23.7 Å². The number of halogens is 2. The first kappa shape index (κ1) is 22.4. The van der Waals surface area contributed by atoms with E-state index in [-0.39, 0.29) is 17.6 Å². The molecule has 1 amide bonds. The van der Waals surface area contributed by atoms with Crippen LogP contribution in [0.2, 0.25) is 5.02 Å². The first-order chi connectivity index (χ1) is 16.5. The second-order valence-electron chi connectivity index (χ2n) is 8.61. The highest BCUT2D eigenvalue weighted by Gasteiger charge is 2.34. The smallest absolute Gasteiger partial charge is 0.227 e. The number of imidazole rings is 1. The minimum Gasteiger partial charge on any atom is -0.494 e. The van der Waals surface area contributed by atoms with Gasteiger partial charge in [0.2, 0.25) is 5.91 Å². The number of carbonyl (C=O) groups is 1. The molecule has 1 aliphatic rings. The number of para-hydroxylation sites is 2. The van der Waals surface area contributed by atoms with Crippen molar-refractivity contribution in [3.8, 4) is 5.75 Å². The van der Waals surface area contributed by atoms with Crippen molar-refractivity contribution >= 4 is 34.2 Å². The highest BCUT2D eigenvalue weighted by atomic mass is 35.5. The minimum absolute atomic E-state index is 0.0247. The van der Waals surface area contributed by atoms with Gasteiger partial charge >= 0.3 is 0 Å². The summed E-state index contributed by atoms with van der Waals surface area (Å²) in [6.45, 7) is 3.76. The van der Waals surface area contributed by atoms with Crippen molar-refractivity contribution in [1.29, 1.82) is 0 Å². The lowest BCUT2D eigenvalue weighted by atomic mass is 10.1. The van der Waals surface area contributed by atoms with Crippen LogP contribution in [0.3, 0.4) is 0 Å². The Morgan fingerprint density at radius 1 is 1.12 bits per heavy atom. The summed E-state index contributed by atoms with van der Waals surface area (Å²) in [6, 6.07) is 19.7. The first-order valence-electron chi connectivity index (χ1n) is 11.4. The minimum atomic E-state index is -0.315. The van der Waals surface area contributed by atoms with Gasteiger partial charge in [-0.3, -0.25) is 4.79 Å². The number of aromatic nitrogens is 2. The topological polar surface area (TPSA) is 47.4 Å². The van der Waals surface area contributed by atoms with E-state index in [1.807, 2.05) is 43.3 Å². The molecule has 4 aromatic rings. The van der Waals surface area contributed by atoms with Crippen LogP contribution in [0.5, 0.6) is 5.75 Å². The van der Waals surface area contributed by atoms with Gasteiger partial charge in [0.15, 0.2) is 0 Å². The van der Waals surface area contributed by atoms with Gasteiger partial charge < -0.3 is 14.2 Å². The number of carbonyl (C=O) groups excluding carboxylic acids is 1. The number of aryl methyl sites for hydroxylation is 2. The number of fused-ring (bicyclic) bond motifs is 1. The van der Waals surface area contributed by atoms with E-state index < -0.39 is 0 Å². The predicted molar refractivity (Wildman–Crippen MR) is 132 cm³/mol. The molecule has 1 fully saturated rings. The lowest BCUT2D eigenvalue weighted by Crippen LogP contribution is -2.24. The summed E-state index contributed by atoms with van der Waals surface area (Å²) in [5.74, 6) is 1.38. The van der Waals surface area contributed by atoms with E-state index in [0.29, 0.717) is 25.3 Å². The number of hydrogen-bond acceptors (Lipinski definition) is 3. The van der Waals surface area contributed by atoms with Gasteiger partial charge in [-0.25, -0.2) is 9.37 Å². The molecule has 7 heteroatoms. The molecular weight excluding hydrogens is 453 g/mol. The molecular formula is C27H25ClFN3O2. The van der Waals surface area contributed by atoms with Crippen LogP contribution in [0.1, 0.15) is 30.1 Å². The molecule has 1 aromatic heterocycles. The molecule has 1 atom stereocenters. The van der Waals surface area contributed by atoms with Crippen LogP contribution < -0.4 is 9.64 Å². The second kappa shape index (κ2) is 9.47. The summed E-state index contributed by atoms with van der Waals surface area (Å²) in [4.78, 5) is 19.4. The van der Waals surface area contributed by atoms with Gasteiger partial charge in [0.1, 0.15) is 17.4 Å². The van der Waals surface area contributed by atoms with Gasteiger partial charge in [0.25, 0.3) is 0 Å². The normalized spacial score (nSPS) is 15.9. The Morgan fingerprint density at radius 3 is 2.71 bits per heavy atom. The fraction of sp³-hybridized carbons (Fsp3) is 0.259. The van der Waals surface area contributed by atoms with Crippen molar-refractivity contribution in [1.82, 2.24) is 9.55 Å². The van der Waals surface area contributed by atoms with Gasteiger partial charge in [0, 0.05) is 36.1 Å². The van der Waals surface area contributed by atoms with Crippen molar-refractivity contribution in [3.63, 3.8) is 0 Å². The van der Waals surface area contributed by atoms with Crippen LogP contribution in [-0.2, 0) is 11.3 Å². The number of anilines is 1. The van der Waals surface area contributed by atoms with Crippen LogP contribution in [0.25, 0.3) is 11.0 Å². The molecule has 174 valence electrons. The summed E-state index contributed by atoms with van der Waals surface area (Å²) in [5.41, 5.74) is 3.66. The largest absolute Gasteiger partial charge is 0.494 e. The van der Waals surface area contributed by atoms with E-state index in [4.69, 9.17) is 21.3 Å². The number of hydrogen-bond donors (Lipinski definition) is 0. The molecule has 34 heavy (non-hydrogen) atoms. The Kier molecular flexibility index (Phi) is 6.24. The van der Waals surface area contributed by atoms with Gasteiger partial charge in [-0.15, -0.1) is 0 Å². The molecule has 1 unspecified atom stereocenters. The second-order valence-corrected chi connectivity index (χ2v) is 9.01. The van der Waals surface area contributed by atoms with E-state index in [9.17, 15) is 9.18 Å². The third-order valence-corrected chi connectivity index (χ3v) is 6.66. The Morgan fingerprint density at radius 2 is 1.91 bits per heavy atom. The molecule has 0 bridgehead atoms. The average molecular weight is 478 g/mol. The quantitative estimate of drug-likeness (QED) is 0.301. The van der Waals surface area contributed by atoms with E-state index in [2.05, 4.69) is 10.6 Å². The van der Waals surface area contributed by atoms with Crippen molar-refractivity contribution in [2.75, 3.05) is 18.1 Å². The molecule has 3 aromatic carbocycles. The molecule has 0 spiro atoms. The van der Waals surface area contributed by atoms with E-state index >= 15 is 0 Å². The van der Waals surface area contributed by atoms with Crippen molar-refractivity contribution in [2.24, 2.45) is 0 Å². The Bertz CT molecular complexity index is 1340. The monoisotopic (exact) mass is 477 g/mol. The third-order valence-electron chi connectivity index (χ3n) is 6.24. The van der Waals surface area contributed by atoms with E-state index in [1.54, 1.807) is 17.0 Å². The summed E-state index contributed by atoms with van der Waals surface area (Å²) in [7, 11) is 0. The fourth-order valence-electron chi connectivity index (χ4n) is 4.51. The van der Waals surface area contributed by atoms with Crippen molar-refractivity contribution in [3.05, 3.63) is 89.0 Å². The summed E-state index contributed by atoms with van der Waals surface area (Å²) >= 11 is 6.10. The van der Waals surface area contributed by atoms with Crippen molar-refractivity contribution in [2.45, 2.75) is 32.2 Å². The standard InChI is InChI=1S/C27H25ClFN3O2/c1-18-15-22(11-12-23(18)28)34-14-4-13-31-25-6-3-2-5-24(25)30-27(31)19-16-26(33)32(17-19)21-9-7-20(29)8-10-21/h2-3,5-12,15,19H,4,13-14,16-17H2,1H3. The summed E-state index contributed by atoms with van der Waals surface area (Å²) in [6.07, 6.45) is 1.17. The number of rotatable bonds is 7. The molecule has 0 saturated carbocycles. The van der Waals surface area contributed by atoms with Gasteiger partial charge in [-0.05, 0) is 73.5 Å². The average Bonchev–Trinajstić information content (AvgIpc) is 3.40. The molecule has 1 aliphatic heterocycles. The molecule has 5 rings (SSSR count). The number of nitrogens with zero attached hydrogens (tertiary/aromatic N) is 3. The van der Waals surface area contributed by atoms with Crippen LogP contribution in [0.15, 0.2) is 66.7 Å². The zero-order chi connectivity index (χ0) is 23.7. The lowest BCUT2D eigenvalue weighted by Gasteiger charge is -2.17. The van der Waals surface area contributed by atoms with Crippen LogP contribution >= 0.6 is 11.6 Å².